The first-order valence-electron chi connectivity index (χ1n) is 8.77. The van der Waals surface area contributed by atoms with Gasteiger partial charge in [0.2, 0.25) is 5.91 Å². The number of carbonyl (C=O) groups is 1. The molecule has 0 unspecified atom stereocenters. The van der Waals surface area contributed by atoms with Gasteiger partial charge in [0.15, 0.2) is 0 Å². The third-order valence-corrected chi connectivity index (χ3v) is 4.58. The van der Waals surface area contributed by atoms with Gasteiger partial charge in [0.25, 0.3) is 0 Å². The zero-order chi connectivity index (χ0) is 17.9. The van der Waals surface area contributed by atoms with Gasteiger partial charge in [0.1, 0.15) is 5.75 Å². The zero-order valence-electron chi connectivity index (χ0n) is 15.0. The van der Waals surface area contributed by atoms with Crippen LogP contribution in [-0.4, -0.2) is 24.3 Å². The van der Waals surface area contributed by atoms with Crippen molar-refractivity contribution in [3.63, 3.8) is 0 Å². The van der Waals surface area contributed by atoms with Crippen LogP contribution in [0, 0.1) is 0 Å². The first kappa shape index (κ1) is 19.4. The summed E-state index contributed by atoms with van der Waals surface area (Å²) in [7, 11) is 0. The molecule has 2 rings (SSSR count). The van der Waals surface area contributed by atoms with E-state index in [0.29, 0.717) is 12.3 Å². The molecule has 0 saturated heterocycles. The lowest BCUT2D eigenvalue weighted by atomic mass is 10.1. The molecule has 0 aromatic heterocycles. The molecule has 0 heterocycles. The van der Waals surface area contributed by atoms with Crippen molar-refractivity contribution < 1.29 is 9.53 Å². The van der Waals surface area contributed by atoms with E-state index >= 15 is 0 Å². The van der Waals surface area contributed by atoms with E-state index < -0.39 is 0 Å². The number of benzene rings is 2. The number of nitrogens with one attached hydrogen (secondary N) is 1. The van der Waals surface area contributed by atoms with Crippen molar-refractivity contribution >= 4 is 17.7 Å². The fraction of sp³-hybridized carbons (Fsp3) is 0.381. The molecule has 0 bridgehead atoms. The summed E-state index contributed by atoms with van der Waals surface area (Å²) in [5.74, 6) is 2.40. The highest BCUT2D eigenvalue weighted by Crippen LogP contribution is 2.16. The molecule has 134 valence electrons. The van der Waals surface area contributed by atoms with E-state index in [-0.39, 0.29) is 12.0 Å². The normalized spacial score (nSPS) is 10.7. The molecule has 0 aliphatic rings. The molecule has 0 radical (unpaired) electrons. The standard InChI is InChI=1S/C21H27NO2S/c1-17(2)24-20-12-6-10-18(14-20)11-7-13-22-21(23)16-25-15-19-8-4-3-5-9-19/h3-6,8-10,12,14,17H,7,11,13,15-16H2,1-2H3,(H,22,23). The van der Waals surface area contributed by atoms with Gasteiger partial charge < -0.3 is 10.1 Å². The van der Waals surface area contributed by atoms with E-state index in [9.17, 15) is 4.79 Å². The SMILES string of the molecule is CC(C)Oc1cccc(CCCNC(=O)CSCc2ccccc2)c1. The topological polar surface area (TPSA) is 38.3 Å². The summed E-state index contributed by atoms with van der Waals surface area (Å²) in [5.41, 5.74) is 2.50. The molecule has 2 aromatic rings. The van der Waals surface area contributed by atoms with Crippen molar-refractivity contribution in [2.75, 3.05) is 12.3 Å². The van der Waals surface area contributed by atoms with E-state index in [1.54, 1.807) is 11.8 Å². The molecular formula is C21H27NO2S. The first-order valence-corrected chi connectivity index (χ1v) is 9.93. The summed E-state index contributed by atoms with van der Waals surface area (Å²) in [4.78, 5) is 11.9. The Labute approximate surface area is 155 Å². The van der Waals surface area contributed by atoms with Gasteiger partial charge in [-0.2, -0.15) is 0 Å². The molecule has 0 spiro atoms. The maximum absolute atomic E-state index is 11.9. The van der Waals surface area contributed by atoms with Crippen LogP contribution in [0.4, 0.5) is 0 Å². The largest absolute Gasteiger partial charge is 0.491 e. The van der Waals surface area contributed by atoms with E-state index in [2.05, 4.69) is 29.6 Å². The van der Waals surface area contributed by atoms with Crippen molar-refractivity contribution in [3.8, 4) is 5.75 Å². The van der Waals surface area contributed by atoms with Gasteiger partial charge in [-0.05, 0) is 49.9 Å². The highest BCUT2D eigenvalue weighted by atomic mass is 32.2. The molecule has 0 atom stereocenters. The second kappa shape index (κ2) is 10.8. The lowest BCUT2D eigenvalue weighted by Gasteiger charge is -2.11. The summed E-state index contributed by atoms with van der Waals surface area (Å²) in [6, 6.07) is 18.4. The fourth-order valence-corrected chi connectivity index (χ4v) is 3.27. The van der Waals surface area contributed by atoms with Crippen LogP contribution >= 0.6 is 11.8 Å². The number of thioether (sulfide) groups is 1. The average molecular weight is 358 g/mol. The van der Waals surface area contributed by atoms with Crippen molar-refractivity contribution in [3.05, 3.63) is 65.7 Å². The minimum Gasteiger partial charge on any atom is -0.491 e. The summed E-state index contributed by atoms with van der Waals surface area (Å²) in [6.07, 6.45) is 2.05. The Kier molecular flexibility index (Phi) is 8.40. The number of carbonyl (C=O) groups excluding carboxylic acids is 1. The average Bonchev–Trinajstić information content (AvgIpc) is 2.59. The van der Waals surface area contributed by atoms with E-state index in [1.165, 1.54) is 11.1 Å². The van der Waals surface area contributed by atoms with Crippen molar-refractivity contribution in [2.24, 2.45) is 0 Å². The minimum absolute atomic E-state index is 0.109. The smallest absolute Gasteiger partial charge is 0.230 e. The van der Waals surface area contributed by atoms with Crippen LogP contribution in [0.25, 0.3) is 0 Å². The highest BCUT2D eigenvalue weighted by Gasteiger charge is 2.03. The molecule has 2 aromatic carbocycles. The second-order valence-corrected chi connectivity index (χ2v) is 7.23. The van der Waals surface area contributed by atoms with Gasteiger partial charge >= 0.3 is 0 Å². The molecule has 4 heteroatoms. The van der Waals surface area contributed by atoms with Crippen molar-refractivity contribution in [1.29, 1.82) is 0 Å². The number of rotatable bonds is 10. The quantitative estimate of drug-likeness (QED) is 0.638. The van der Waals surface area contributed by atoms with Gasteiger partial charge in [-0.1, -0.05) is 42.5 Å². The molecule has 25 heavy (non-hydrogen) atoms. The van der Waals surface area contributed by atoms with Crippen LogP contribution in [0.1, 0.15) is 31.4 Å². The molecule has 0 saturated carbocycles. The number of amides is 1. The Bertz CT molecular complexity index is 643. The van der Waals surface area contributed by atoms with Gasteiger partial charge in [0, 0.05) is 12.3 Å². The van der Waals surface area contributed by atoms with E-state index in [4.69, 9.17) is 4.74 Å². The highest BCUT2D eigenvalue weighted by molar-refractivity contribution is 7.99. The molecule has 3 nitrogen and oxygen atoms in total. The third kappa shape index (κ3) is 8.12. The Morgan fingerprint density at radius 2 is 1.84 bits per heavy atom. The zero-order valence-corrected chi connectivity index (χ0v) is 15.9. The first-order chi connectivity index (χ1) is 12.1. The van der Waals surface area contributed by atoms with Crippen LogP contribution in [0.5, 0.6) is 5.75 Å². The van der Waals surface area contributed by atoms with Gasteiger partial charge in [-0.15, -0.1) is 11.8 Å². The lowest BCUT2D eigenvalue weighted by Crippen LogP contribution is -2.26. The van der Waals surface area contributed by atoms with Crippen LogP contribution in [0.2, 0.25) is 0 Å². The summed E-state index contributed by atoms with van der Waals surface area (Å²) >= 11 is 1.65. The molecule has 0 fully saturated rings. The van der Waals surface area contributed by atoms with Gasteiger partial charge in [-0.25, -0.2) is 0 Å². The van der Waals surface area contributed by atoms with Crippen LogP contribution in [0.15, 0.2) is 54.6 Å². The van der Waals surface area contributed by atoms with Crippen LogP contribution in [-0.2, 0) is 17.0 Å². The number of ether oxygens (including phenoxy) is 1. The Balaban J connectivity index is 1.60. The maximum Gasteiger partial charge on any atom is 0.230 e. The molecular weight excluding hydrogens is 330 g/mol. The maximum atomic E-state index is 11.9. The van der Waals surface area contributed by atoms with Crippen LogP contribution < -0.4 is 10.1 Å². The molecule has 1 N–H and O–H groups in total. The van der Waals surface area contributed by atoms with Crippen molar-refractivity contribution in [2.45, 2.75) is 38.5 Å². The lowest BCUT2D eigenvalue weighted by molar-refractivity contribution is -0.118. The van der Waals surface area contributed by atoms with E-state index in [0.717, 1.165) is 24.3 Å². The van der Waals surface area contributed by atoms with E-state index in [1.807, 2.05) is 44.2 Å². The van der Waals surface area contributed by atoms with Gasteiger partial charge in [0.05, 0.1) is 11.9 Å². The number of hydrogen-bond acceptors (Lipinski definition) is 3. The number of hydrogen-bond donors (Lipinski definition) is 1. The summed E-state index contributed by atoms with van der Waals surface area (Å²) in [6.45, 7) is 4.76. The third-order valence-electron chi connectivity index (χ3n) is 3.58. The monoisotopic (exact) mass is 357 g/mol. The number of aryl methyl sites for hydroxylation is 1. The van der Waals surface area contributed by atoms with Crippen molar-refractivity contribution in [1.82, 2.24) is 5.32 Å². The summed E-state index contributed by atoms with van der Waals surface area (Å²) in [5, 5.41) is 2.99. The van der Waals surface area contributed by atoms with Crippen LogP contribution in [0.3, 0.4) is 0 Å². The molecule has 1 amide bonds. The predicted molar refractivity (Wildman–Crippen MR) is 106 cm³/mol. The van der Waals surface area contributed by atoms with Gasteiger partial charge in [-0.3, -0.25) is 4.79 Å². The molecule has 0 aliphatic carbocycles. The minimum atomic E-state index is 0.109. The fourth-order valence-electron chi connectivity index (χ4n) is 2.45. The predicted octanol–water partition coefficient (Wildman–Crippen LogP) is 4.46. The Morgan fingerprint density at radius 3 is 2.60 bits per heavy atom. The molecule has 0 aliphatic heterocycles. The Hall–Kier alpha value is -1.94. The Morgan fingerprint density at radius 1 is 1.08 bits per heavy atom. The second-order valence-electron chi connectivity index (χ2n) is 6.25. The summed E-state index contributed by atoms with van der Waals surface area (Å²) < 4.78 is 5.71.